The lowest BCUT2D eigenvalue weighted by molar-refractivity contribution is 0.0687. The van der Waals surface area contributed by atoms with E-state index < -0.39 is 17.3 Å². The second kappa shape index (κ2) is 11.0. The van der Waals surface area contributed by atoms with Gasteiger partial charge >= 0.3 is 5.97 Å². The van der Waals surface area contributed by atoms with Gasteiger partial charge < -0.3 is 15.2 Å². The summed E-state index contributed by atoms with van der Waals surface area (Å²) in [6.45, 7) is 6.77. The minimum atomic E-state index is -1.39. The van der Waals surface area contributed by atoms with Gasteiger partial charge in [-0.05, 0) is 67.5 Å². The fourth-order valence-corrected chi connectivity index (χ4v) is 5.26. The molecule has 0 aliphatic carbocycles. The third-order valence-electron chi connectivity index (χ3n) is 5.91. The van der Waals surface area contributed by atoms with E-state index in [0.717, 1.165) is 45.0 Å². The van der Waals surface area contributed by atoms with Gasteiger partial charge in [-0.3, -0.25) is 0 Å². The van der Waals surface area contributed by atoms with E-state index in [1.165, 1.54) is 12.4 Å². The van der Waals surface area contributed by atoms with Crippen molar-refractivity contribution in [2.75, 3.05) is 18.5 Å². The fraction of sp³-hybridized carbons (Fsp3) is 0.296. The van der Waals surface area contributed by atoms with Gasteiger partial charge in [0.2, 0.25) is 0 Å². The number of nitrogens with one attached hydrogen (secondary N) is 1. The van der Waals surface area contributed by atoms with Crippen LogP contribution in [0, 0.1) is 25.5 Å². The normalized spacial score (nSPS) is 11.1. The van der Waals surface area contributed by atoms with Crippen molar-refractivity contribution in [3.63, 3.8) is 0 Å². The van der Waals surface area contributed by atoms with Gasteiger partial charge in [0, 0.05) is 27.8 Å². The number of benzene rings is 2. The summed E-state index contributed by atoms with van der Waals surface area (Å²) in [5.74, 6) is -2.01. The Bertz CT molecular complexity index is 1420. The summed E-state index contributed by atoms with van der Waals surface area (Å²) in [4.78, 5) is 21.2. The van der Waals surface area contributed by atoms with E-state index in [2.05, 4.69) is 15.3 Å². The van der Waals surface area contributed by atoms with Crippen molar-refractivity contribution < 1.29 is 23.4 Å². The molecule has 0 saturated heterocycles. The first kappa shape index (κ1) is 25.5. The van der Waals surface area contributed by atoms with Gasteiger partial charge in [0.25, 0.3) is 0 Å². The first-order chi connectivity index (χ1) is 17.3. The molecule has 0 aliphatic heterocycles. The maximum atomic E-state index is 14.7. The van der Waals surface area contributed by atoms with E-state index >= 15 is 0 Å². The Morgan fingerprint density at radius 3 is 2.69 bits per heavy atom. The highest BCUT2D eigenvalue weighted by Gasteiger charge is 2.20. The highest BCUT2D eigenvalue weighted by Crippen LogP contribution is 2.34. The molecular weight excluding hydrogens is 484 g/mol. The van der Waals surface area contributed by atoms with E-state index in [9.17, 15) is 18.7 Å². The summed E-state index contributed by atoms with van der Waals surface area (Å²) in [5, 5.41) is 13.6. The number of halogens is 2. The van der Waals surface area contributed by atoms with Crippen molar-refractivity contribution >= 4 is 33.2 Å². The molecule has 0 aliphatic rings. The smallest absolute Gasteiger partial charge is 0.342 e. The van der Waals surface area contributed by atoms with Gasteiger partial charge in [0.05, 0.1) is 12.3 Å². The van der Waals surface area contributed by atoms with Gasteiger partial charge in [-0.25, -0.2) is 23.5 Å². The first-order valence-corrected chi connectivity index (χ1v) is 12.5. The average Bonchev–Trinajstić information content (AvgIpc) is 3.14. The van der Waals surface area contributed by atoms with Crippen molar-refractivity contribution in [1.82, 2.24) is 9.97 Å². The van der Waals surface area contributed by atoms with E-state index in [0.29, 0.717) is 30.0 Å². The van der Waals surface area contributed by atoms with Crippen molar-refractivity contribution in [2.45, 2.75) is 40.0 Å². The third kappa shape index (κ3) is 5.46. The SMILES string of the molecule is CCCCOc1cc(-c2cc(NCCc3c(C)sc4c(C)cc(F)cc34)ncn2)cc(F)c1C(=O)O. The quantitative estimate of drug-likeness (QED) is 0.228. The standard InChI is InChI=1S/C27H27F2N3O3S/c1-4-5-8-35-23-11-17(10-21(29)25(23)27(33)34)22-13-24(32-14-31-22)30-7-6-19-16(3)36-26-15(2)9-18(28)12-20(19)26/h9-14H,4-8H2,1-3H3,(H,33,34)(H,30,31,32). The minimum absolute atomic E-state index is 0.0265. The first-order valence-electron chi connectivity index (χ1n) is 11.7. The predicted molar refractivity (Wildman–Crippen MR) is 138 cm³/mol. The van der Waals surface area contributed by atoms with Crippen LogP contribution < -0.4 is 10.1 Å². The number of aromatic carboxylic acids is 1. The maximum Gasteiger partial charge on any atom is 0.342 e. The van der Waals surface area contributed by atoms with Crippen LogP contribution in [0.15, 0.2) is 36.7 Å². The van der Waals surface area contributed by atoms with Crippen LogP contribution in [-0.4, -0.2) is 34.2 Å². The number of ether oxygens (including phenoxy) is 1. The number of carboxylic acids is 1. The zero-order valence-corrected chi connectivity index (χ0v) is 21.1. The second-order valence-electron chi connectivity index (χ2n) is 8.54. The topological polar surface area (TPSA) is 84.3 Å². The maximum absolute atomic E-state index is 14.7. The van der Waals surface area contributed by atoms with Gasteiger partial charge in [-0.1, -0.05) is 13.3 Å². The largest absolute Gasteiger partial charge is 0.493 e. The number of hydrogen-bond acceptors (Lipinski definition) is 6. The number of unbranched alkanes of at least 4 members (excludes halogenated alkanes) is 1. The van der Waals surface area contributed by atoms with Crippen LogP contribution in [0.2, 0.25) is 0 Å². The van der Waals surface area contributed by atoms with Crippen LogP contribution in [-0.2, 0) is 6.42 Å². The van der Waals surface area contributed by atoms with Crippen molar-refractivity contribution in [2.24, 2.45) is 0 Å². The van der Waals surface area contributed by atoms with Crippen LogP contribution in [0.1, 0.15) is 46.1 Å². The lowest BCUT2D eigenvalue weighted by Gasteiger charge is -2.12. The van der Waals surface area contributed by atoms with Crippen molar-refractivity contribution in [3.8, 4) is 17.0 Å². The Morgan fingerprint density at radius 1 is 1.14 bits per heavy atom. The molecule has 9 heteroatoms. The molecule has 188 valence electrons. The summed E-state index contributed by atoms with van der Waals surface area (Å²) >= 11 is 1.66. The third-order valence-corrected chi connectivity index (χ3v) is 7.21. The zero-order valence-electron chi connectivity index (χ0n) is 20.3. The number of rotatable bonds is 10. The molecule has 6 nitrogen and oxygen atoms in total. The number of carboxylic acid groups (broad SMARTS) is 1. The molecule has 2 aromatic carbocycles. The molecule has 2 aromatic heterocycles. The highest BCUT2D eigenvalue weighted by molar-refractivity contribution is 7.19. The average molecular weight is 512 g/mol. The Hall–Kier alpha value is -3.59. The van der Waals surface area contributed by atoms with Gasteiger partial charge in [0.1, 0.15) is 35.1 Å². The number of carbonyl (C=O) groups is 1. The van der Waals surface area contributed by atoms with E-state index in [4.69, 9.17) is 4.74 Å². The molecule has 0 amide bonds. The second-order valence-corrected chi connectivity index (χ2v) is 9.76. The molecule has 4 rings (SSSR count). The van der Waals surface area contributed by atoms with Gasteiger partial charge in [-0.2, -0.15) is 0 Å². The monoisotopic (exact) mass is 511 g/mol. The van der Waals surface area contributed by atoms with Crippen LogP contribution in [0.5, 0.6) is 5.75 Å². The minimum Gasteiger partial charge on any atom is -0.493 e. The number of anilines is 1. The lowest BCUT2D eigenvalue weighted by atomic mass is 10.1. The van der Waals surface area contributed by atoms with Gasteiger partial charge in [0.15, 0.2) is 0 Å². The van der Waals surface area contributed by atoms with Crippen molar-refractivity contribution in [3.05, 3.63) is 69.9 Å². The molecule has 2 heterocycles. The summed E-state index contributed by atoms with van der Waals surface area (Å²) in [6, 6.07) is 7.44. The fourth-order valence-electron chi connectivity index (χ4n) is 4.11. The number of aromatic nitrogens is 2. The molecule has 4 aromatic rings. The molecule has 0 spiro atoms. The number of nitrogens with zero attached hydrogens (tertiary/aromatic N) is 2. The molecule has 36 heavy (non-hydrogen) atoms. The molecular formula is C27H27F2N3O3S. The van der Waals surface area contributed by atoms with E-state index in [1.54, 1.807) is 29.5 Å². The van der Waals surface area contributed by atoms with Crippen molar-refractivity contribution in [1.29, 1.82) is 0 Å². The van der Waals surface area contributed by atoms with Crippen LogP contribution in [0.25, 0.3) is 21.3 Å². The van der Waals surface area contributed by atoms with Crippen LogP contribution in [0.3, 0.4) is 0 Å². The molecule has 0 saturated carbocycles. The molecule has 0 unspecified atom stereocenters. The molecule has 0 bridgehead atoms. The summed E-state index contributed by atoms with van der Waals surface area (Å²) in [5.41, 5.74) is 2.35. The van der Waals surface area contributed by atoms with E-state index in [-0.39, 0.29) is 18.2 Å². The molecule has 0 radical (unpaired) electrons. The summed E-state index contributed by atoms with van der Waals surface area (Å²) < 4.78 is 35.4. The molecule has 0 fully saturated rings. The van der Waals surface area contributed by atoms with E-state index in [1.807, 2.05) is 20.8 Å². The highest BCUT2D eigenvalue weighted by atomic mass is 32.1. The summed E-state index contributed by atoms with van der Waals surface area (Å²) in [6.07, 6.45) is 3.62. The number of hydrogen-bond donors (Lipinski definition) is 2. The Balaban J connectivity index is 1.54. The number of aryl methyl sites for hydroxylation is 2. The molecule has 2 N–H and O–H groups in total. The van der Waals surface area contributed by atoms with Crippen LogP contribution in [0.4, 0.5) is 14.6 Å². The number of thiophene rings is 1. The zero-order chi connectivity index (χ0) is 25.8. The number of fused-ring (bicyclic) bond motifs is 1. The lowest BCUT2D eigenvalue weighted by Crippen LogP contribution is -2.08. The van der Waals surface area contributed by atoms with Crippen LogP contribution >= 0.6 is 11.3 Å². The summed E-state index contributed by atoms with van der Waals surface area (Å²) in [7, 11) is 0. The Kier molecular flexibility index (Phi) is 7.79. The predicted octanol–water partition coefficient (Wildman–Crippen LogP) is 6.79. The Morgan fingerprint density at radius 2 is 1.94 bits per heavy atom. The Labute approximate surface area is 212 Å². The molecule has 0 atom stereocenters. The van der Waals surface area contributed by atoms with Gasteiger partial charge in [-0.15, -0.1) is 11.3 Å².